The van der Waals surface area contributed by atoms with Crippen molar-refractivity contribution in [2.45, 2.75) is 51.0 Å². The summed E-state index contributed by atoms with van der Waals surface area (Å²) in [4.78, 5) is 12.9. The summed E-state index contributed by atoms with van der Waals surface area (Å²) in [5.41, 5.74) is 1.28. The Bertz CT molecular complexity index is 573. The Morgan fingerprint density at radius 2 is 1.78 bits per heavy atom. The number of rotatable bonds is 4. The highest BCUT2D eigenvalue weighted by atomic mass is 16.2. The van der Waals surface area contributed by atoms with Crippen LogP contribution in [-0.4, -0.2) is 5.91 Å². The molecule has 3 aliphatic rings. The van der Waals surface area contributed by atoms with Gasteiger partial charge in [-0.2, -0.15) is 0 Å². The summed E-state index contributed by atoms with van der Waals surface area (Å²) in [5.74, 6) is 2.24. The Labute approximate surface area is 139 Å². The normalized spacial score (nSPS) is 31.2. The zero-order chi connectivity index (χ0) is 15.6. The molecule has 0 radical (unpaired) electrons. The summed E-state index contributed by atoms with van der Waals surface area (Å²) in [6.07, 6.45) is 13.3. The molecule has 122 valence electrons. The van der Waals surface area contributed by atoms with E-state index in [0.29, 0.717) is 23.7 Å². The van der Waals surface area contributed by atoms with Crippen molar-refractivity contribution in [1.82, 2.24) is 5.32 Å². The van der Waals surface area contributed by atoms with E-state index in [1.165, 1.54) is 44.1 Å². The van der Waals surface area contributed by atoms with Gasteiger partial charge in [0.15, 0.2) is 0 Å². The molecule has 4 atom stereocenters. The SMILES string of the molecule is O=C(N[C@@H](c1ccccc1)C1CCCCC1)[C@@H]1C[C@H]2C=C[C@H]1C2. The first-order valence-corrected chi connectivity index (χ1v) is 9.35. The molecule has 23 heavy (non-hydrogen) atoms. The fraction of sp³-hybridized carbons (Fsp3) is 0.571. The first kappa shape index (κ1) is 15.0. The molecular formula is C21H27NO. The highest BCUT2D eigenvalue weighted by molar-refractivity contribution is 5.80. The predicted molar refractivity (Wildman–Crippen MR) is 92.7 cm³/mol. The molecule has 0 heterocycles. The molecule has 0 unspecified atom stereocenters. The Hall–Kier alpha value is -1.57. The molecule has 3 aliphatic carbocycles. The minimum Gasteiger partial charge on any atom is -0.349 e. The average Bonchev–Trinajstić information content (AvgIpc) is 3.24. The van der Waals surface area contributed by atoms with Crippen LogP contribution in [0, 0.1) is 23.7 Å². The topological polar surface area (TPSA) is 29.1 Å². The fourth-order valence-corrected chi connectivity index (χ4v) is 4.94. The summed E-state index contributed by atoms with van der Waals surface area (Å²) in [6.45, 7) is 0. The Kier molecular flexibility index (Phi) is 4.24. The van der Waals surface area contributed by atoms with Crippen LogP contribution in [-0.2, 0) is 4.79 Å². The number of nitrogens with one attached hydrogen (secondary N) is 1. The Balaban J connectivity index is 1.51. The van der Waals surface area contributed by atoms with E-state index < -0.39 is 0 Å². The van der Waals surface area contributed by atoms with E-state index in [1.807, 2.05) is 0 Å². The average molecular weight is 309 g/mol. The Morgan fingerprint density at radius 1 is 1.00 bits per heavy atom. The first-order valence-electron chi connectivity index (χ1n) is 9.35. The summed E-state index contributed by atoms with van der Waals surface area (Å²) >= 11 is 0. The molecule has 0 aliphatic heterocycles. The summed E-state index contributed by atoms with van der Waals surface area (Å²) in [7, 11) is 0. The monoisotopic (exact) mass is 309 g/mol. The third-order valence-corrected chi connectivity index (χ3v) is 6.19. The van der Waals surface area contributed by atoms with E-state index in [0.717, 1.165) is 6.42 Å². The Morgan fingerprint density at radius 3 is 2.43 bits per heavy atom. The number of hydrogen-bond donors (Lipinski definition) is 1. The molecular weight excluding hydrogens is 282 g/mol. The van der Waals surface area contributed by atoms with Crippen molar-refractivity contribution in [3.05, 3.63) is 48.0 Å². The van der Waals surface area contributed by atoms with Gasteiger partial charge in [0.25, 0.3) is 0 Å². The summed E-state index contributed by atoms with van der Waals surface area (Å²) in [6, 6.07) is 10.8. The predicted octanol–water partition coefficient (Wildman–Crippen LogP) is 4.64. The van der Waals surface area contributed by atoms with Gasteiger partial charge in [0.2, 0.25) is 5.91 Å². The van der Waals surface area contributed by atoms with Gasteiger partial charge < -0.3 is 5.32 Å². The highest BCUT2D eigenvalue weighted by Crippen LogP contribution is 2.44. The van der Waals surface area contributed by atoms with Gasteiger partial charge in [-0.25, -0.2) is 0 Å². The molecule has 2 fully saturated rings. The van der Waals surface area contributed by atoms with E-state index in [-0.39, 0.29) is 12.0 Å². The van der Waals surface area contributed by atoms with Crippen LogP contribution in [0.15, 0.2) is 42.5 Å². The van der Waals surface area contributed by atoms with Crippen LogP contribution in [0.1, 0.15) is 56.6 Å². The second-order valence-corrected chi connectivity index (χ2v) is 7.68. The van der Waals surface area contributed by atoms with Crippen molar-refractivity contribution in [2.24, 2.45) is 23.7 Å². The fourth-order valence-electron chi connectivity index (χ4n) is 4.94. The van der Waals surface area contributed by atoms with Gasteiger partial charge in [-0.3, -0.25) is 4.79 Å². The molecule has 2 heteroatoms. The highest BCUT2D eigenvalue weighted by Gasteiger charge is 2.40. The van der Waals surface area contributed by atoms with Crippen LogP contribution in [0.5, 0.6) is 0 Å². The number of allylic oxidation sites excluding steroid dienone is 2. The maximum absolute atomic E-state index is 12.9. The first-order chi connectivity index (χ1) is 11.3. The second kappa shape index (κ2) is 6.51. The molecule has 0 aromatic heterocycles. The largest absolute Gasteiger partial charge is 0.349 e. The summed E-state index contributed by atoms with van der Waals surface area (Å²) in [5, 5.41) is 3.46. The van der Waals surface area contributed by atoms with Crippen molar-refractivity contribution in [3.8, 4) is 0 Å². The summed E-state index contributed by atoms with van der Waals surface area (Å²) < 4.78 is 0. The van der Waals surface area contributed by atoms with Crippen molar-refractivity contribution in [2.75, 3.05) is 0 Å². The quantitative estimate of drug-likeness (QED) is 0.807. The standard InChI is InChI=1S/C21H27NO/c23-21(19-14-15-11-12-18(19)13-15)22-20(16-7-3-1-4-8-16)17-9-5-2-6-10-17/h1,3-4,7-8,11-12,15,17-20H,2,5-6,9-10,13-14H2,(H,22,23)/t15-,18-,19+,20-/m0/s1. The molecule has 1 aromatic carbocycles. The van der Waals surface area contributed by atoms with E-state index in [1.54, 1.807) is 0 Å². The van der Waals surface area contributed by atoms with Gasteiger partial charge in [0, 0.05) is 5.92 Å². The minimum atomic E-state index is 0.201. The van der Waals surface area contributed by atoms with Crippen LogP contribution in [0.4, 0.5) is 0 Å². The van der Waals surface area contributed by atoms with Gasteiger partial charge >= 0.3 is 0 Å². The molecule has 1 aromatic rings. The molecule has 1 N–H and O–H groups in total. The lowest BCUT2D eigenvalue weighted by atomic mass is 9.80. The molecule has 1 amide bonds. The molecule has 2 bridgehead atoms. The lowest BCUT2D eigenvalue weighted by Gasteiger charge is -2.32. The van der Waals surface area contributed by atoms with Gasteiger partial charge in [-0.05, 0) is 49.0 Å². The molecule has 0 spiro atoms. The molecule has 0 saturated heterocycles. The maximum Gasteiger partial charge on any atom is 0.224 e. The molecule has 2 nitrogen and oxygen atoms in total. The van der Waals surface area contributed by atoms with E-state index >= 15 is 0 Å². The van der Waals surface area contributed by atoms with Crippen LogP contribution < -0.4 is 5.32 Å². The second-order valence-electron chi connectivity index (χ2n) is 7.68. The smallest absolute Gasteiger partial charge is 0.224 e. The van der Waals surface area contributed by atoms with Crippen molar-refractivity contribution in [1.29, 1.82) is 0 Å². The van der Waals surface area contributed by atoms with Crippen molar-refractivity contribution < 1.29 is 4.79 Å². The number of benzene rings is 1. The minimum absolute atomic E-state index is 0.201. The maximum atomic E-state index is 12.9. The van der Waals surface area contributed by atoms with Gasteiger partial charge in [-0.15, -0.1) is 0 Å². The van der Waals surface area contributed by atoms with Gasteiger partial charge in [0.1, 0.15) is 0 Å². The third-order valence-electron chi connectivity index (χ3n) is 6.19. The van der Waals surface area contributed by atoms with E-state index in [9.17, 15) is 4.79 Å². The van der Waals surface area contributed by atoms with Crippen LogP contribution >= 0.6 is 0 Å². The van der Waals surface area contributed by atoms with Crippen LogP contribution in [0.25, 0.3) is 0 Å². The number of hydrogen-bond acceptors (Lipinski definition) is 1. The van der Waals surface area contributed by atoms with Crippen molar-refractivity contribution in [3.63, 3.8) is 0 Å². The zero-order valence-electron chi connectivity index (χ0n) is 13.8. The van der Waals surface area contributed by atoms with Crippen LogP contribution in [0.3, 0.4) is 0 Å². The van der Waals surface area contributed by atoms with Crippen molar-refractivity contribution >= 4 is 5.91 Å². The zero-order valence-corrected chi connectivity index (χ0v) is 13.8. The van der Waals surface area contributed by atoms with Gasteiger partial charge in [-0.1, -0.05) is 61.7 Å². The number of amides is 1. The van der Waals surface area contributed by atoms with Crippen LogP contribution in [0.2, 0.25) is 0 Å². The lowest BCUT2D eigenvalue weighted by Crippen LogP contribution is -2.39. The number of fused-ring (bicyclic) bond motifs is 2. The molecule has 2 saturated carbocycles. The van der Waals surface area contributed by atoms with Gasteiger partial charge in [0.05, 0.1) is 6.04 Å². The molecule has 4 rings (SSSR count). The lowest BCUT2D eigenvalue weighted by molar-refractivity contribution is -0.127. The number of carbonyl (C=O) groups excluding carboxylic acids is 1. The van der Waals surface area contributed by atoms with E-state index in [4.69, 9.17) is 0 Å². The third kappa shape index (κ3) is 3.08. The van der Waals surface area contributed by atoms with E-state index in [2.05, 4.69) is 47.8 Å². The number of carbonyl (C=O) groups is 1.